The van der Waals surface area contributed by atoms with Crippen LogP contribution in [-0.4, -0.2) is 67.0 Å². The van der Waals surface area contributed by atoms with Crippen molar-refractivity contribution in [2.24, 2.45) is 0 Å². The molecule has 0 aromatic heterocycles. The molecule has 2 fully saturated rings. The Labute approximate surface area is 146 Å². The van der Waals surface area contributed by atoms with Crippen molar-refractivity contribution in [3.63, 3.8) is 0 Å². The lowest BCUT2D eigenvalue weighted by atomic mass is 10.0. The van der Waals surface area contributed by atoms with Crippen molar-refractivity contribution in [1.29, 1.82) is 0 Å². The summed E-state index contributed by atoms with van der Waals surface area (Å²) in [4.78, 5) is 28.3. The predicted octanol–water partition coefficient (Wildman–Crippen LogP) is 1.02. The van der Waals surface area contributed by atoms with Gasteiger partial charge >= 0.3 is 0 Å². The van der Waals surface area contributed by atoms with E-state index in [1.807, 2.05) is 4.90 Å². The monoisotopic (exact) mass is 349 g/mol. The molecule has 7 heteroatoms. The fraction of sp³-hybridized carbons (Fsp3) is 0.556. The van der Waals surface area contributed by atoms with E-state index in [-0.39, 0.29) is 30.3 Å². The highest BCUT2D eigenvalue weighted by atomic mass is 19.1. The number of benzene rings is 1. The van der Waals surface area contributed by atoms with Crippen LogP contribution in [0.1, 0.15) is 19.3 Å². The number of hydrogen-bond donors (Lipinski definition) is 1. The molecule has 1 N–H and O–H groups in total. The highest BCUT2D eigenvalue weighted by Crippen LogP contribution is 2.13. The maximum Gasteiger partial charge on any atom is 0.260 e. The second-order valence-corrected chi connectivity index (χ2v) is 6.45. The first-order valence-electron chi connectivity index (χ1n) is 8.82. The van der Waals surface area contributed by atoms with Gasteiger partial charge in [-0.2, -0.15) is 0 Å². The maximum absolute atomic E-state index is 12.8. The van der Waals surface area contributed by atoms with Crippen LogP contribution in [0.25, 0.3) is 0 Å². The first kappa shape index (κ1) is 17.7. The summed E-state index contributed by atoms with van der Waals surface area (Å²) in [5, 5.41) is 3.27. The van der Waals surface area contributed by atoms with E-state index >= 15 is 0 Å². The molecule has 2 amide bonds. The standard InChI is InChI=1S/C18H24FN3O3/c19-14-4-6-15(7-5-14)25-13-17(23)21-9-11-22(12-10-21)18(24)16-3-1-2-8-20-16/h4-7,16,20H,1-3,8-13H2. The van der Waals surface area contributed by atoms with E-state index in [0.717, 1.165) is 25.8 Å². The normalized spacial score (nSPS) is 21.1. The third kappa shape index (κ3) is 4.69. The first-order valence-corrected chi connectivity index (χ1v) is 8.82. The van der Waals surface area contributed by atoms with Crippen LogP contribution in [0.2, 0.25) is 0 Å². The van der Waals surface area contributed by atoms with Gasteiger partial charge in [0.25, 0.3) is 5.91 Å². The number of piperidine rings is 1. The van der Waals surface area contributed by atoms with Crippen LogP contribution >= 0.6 is 0 Å². The Hall–Kier alpha value is -2.15. The fourth-order valence-corrected chi connectivity index (χ4v) is 3.23. The highest BCUT2D eigenvalue weighted by Gasteiger charge is 2.29. The van der Waals surface area contributed by atoms with Crippen molar-refractivity contribution >= 4 is 11.8 Å². The number of carbonyl (C=O) groups is 2. The minimum atomic E-state index is -0.341. The molecule has 1 atom stereocenters. The van der Waals surface area contributed by atoms with Crippen molar-refractivity contribution < 1.29 is 18.7 Å². The third-order valence-corrected chi connectivity index (χ3v) is 4.73. The fourth-order valence-electron chi connectivity index (χ4n) is 3.23. The summed E-state index contributed by atoms with van der Waals surface area (Å²) in [5.41, 5.74) is 0. The molecule has 3 rings (SSSR count). The van der Waals surface area contributed by atoms with Gasteiger partial charge in [0.2, 0.25) is 5.91 Å². The molecular weight excluding hydrogens is 325 g/mol. The van der Waals surface area contributed by atoms with E-state index < -0.39 is 0 Å². The molecule has 0 bridgehead atoms. The lowest BCUT2D eigenvalue weighted by molar-refractivity contribution is -0.142. The molecule has 1 aromatic carbocycles. The van der Waals surface area contributed by atoms with Crippen molar-refractivity contribution in [2.75, 3.05) is 39.3 Å². The van der Waals surface area contributed by atoms with Crippen LogP contribution in [0.5, 0.6) is 5.75 Å². The van der Waals surface area contributed by atoms with Crippen LogP contribution in [0.4, 0.5) is 4.39 Å². The number of amides is 2. The van der Waals surface area contributed by atoms with E-state index in [1.54, 1.807) is 4.90 Å². The van der Waals surface area contributed by atoms with Gasteiger partial charge in [0, 0.05) is 26.2 Å². The Morgan fingerprint density at radius 2 is 1.76 bits per heavy atom. The molecule has 2 saturated heterocycles. The SMILES string of the molecule is O=C(COc1ccc(F)cc1)N1CCN(C(=O)C2CCCCN2)CC1. The summed E-state index contributed by atoms with van der Waals surface area (Å²) in [6.07, 6.45) is 3.10. The van der Waals surface area contributed by atoms with E-state index in [2.05, 4.69) is 5.32 Å². The van der Waals surface area contributed by atoms with Gasteiger partial charge in [-0.05, 0) is 43.7 Å². The summed E-state index contributed by atoms with van der Waals surface area (Å²) in [7, 11) is 0. The van der Waals surface area contributed by atoms with Crippen LogP contribution in [-0.2, 0) is 9.59 Å². The zero-order valence-corrected chi connectivity index (χ0v) is 14.2. The van der Waals surface area contributed by atoms with Gasteiger partial charge in [-0.15, -0.1) is 0 Å². The number of hydrogen-bond acceptors (Lipinski definition) is 4. The number of carbonyl (C=O) groups excluding carboxylic acids is 2. The third-order valence-electron chi connectivity index (χ3n) is 4.73. The maximum atomic E-state index is 12.8. The predicted molar refractivity (Wildman–Crippen MR) is 90.7 cm³/mol. The molecule has 6 nitrogen and oxygen atoms in total. The summed E-state index contributed by atoms with van der Waals surface area (Å²) >= 11 is 0. The summed E-state index contributed by atoms with van der Waals surface area (Å²) in [6, 6.07) is 5.51. The van der Waals surface area contributed by atoms with Gasteiger partial charge < -0.3 is 19.9 Å². The van der Waals surface area contributed by atoms with Gasteiger partial charge in [-0.1, -0.05) is 6.42 Å². The number of rotatable bonds is 4. The second kappa shape index (κ2) is 8.29. The second-order valence-electron chi connectivity index (χ2n) is 6.45. The number of ether oxygens (including phenoxy) is 1. The molecule has 1 aromatic rings. The molecule has 0 spiro atoms. The van der Waals surface area contributed by atoms with Crippen molar-refractivity contribution in [1.82, 2.24) is 15.1 Å². The molecule has 0 saturated carbocycles. The van der Waals surface area contributed by atoms with E-state index in [0.29, 0.717) is 31.9 Å². The number of halogens is 1. The largest absolute Gasteiger partial charge is 0.484 e. The lowest BCUT2D eigenvalue weighted by Gasteiger charge is -2.37. The van der Waals surface area contributed by atoms with Gasteiger partial charge in [-0.25, -0.2) is 4.39 Å². The van der Waals surface area contributed by atoms with Gasteiger partial charge in [0.15, 0.2) is 6.61 Å². The summed E-state index contributed by atoms with van der Waals surface area (Å²) in [6.45, 7) is 2.96. The topological polar surface area (TPSA) is 61.9 Å². The molecule has 136 valence electrons. The molecule has 2 aliphatic heterocycles. The van der Waals surface area contributed by atoms with Gasteiger partial charge in [-0.3, -0.25) is 9.59 Å². The molecule has 25 heavy (non-hydrogen) atoms. The Morgan fingerprint density at radius 1 is 1.08 bits per heavy atom. The highest BCUT2D eigenvalue weighted by molar-refractivity contribution is 5.83. The number of nitrogens with one attached hydrogen (secondary N) is 1. The average molecular weight is 349 g/mol. The lowest BCUT2D eigenvalue weighted by Crippen LogP contribution is -2.56. The van der Waals surface area contributed by atoms with E-state index in [9.17, 15) is 14.0 Å². The molecule has 0 radical (unpaired) electrons. The molecule has 1 unspecified atom stereocenters. The Bertz CT molecular complexity index is 594. The zero-order chi connectivity index (χ0) is 17.6. The van der Waals surface area contributed by atoms with E-state index in [4.69, 9.17) is 4.74 Å². The van der Waals surface area contributed by atoms with Crippen LogP contribution in [0.15, 0.2) is 24.3 Å². The molecule has 2 heterocycles. The zero-order valence-electron chi connectivity index (χ0n) is 14.2. The number of piperazine rings is 1. The quantitative estimate of drug-likeness (QED) is 0.882. The smallest absolute Gasteiger partial charge is 0.260 e. The van der Waals surface area contributed by atoms with Crippen LogP contribution < -0.4 is 10.1 Å². The Kier molecular flexibility index (Phi) is 5.86. The Balaban J connectivity index is 1.42. The summed E-state index contributed by atoms with van der Waals surface area (Å²) in [5.74, 6) is 0.153. The minimum absolute atomic E-state index is 0.0715. The number of nitrogens with zero attached hydrogens (tertiary/aromatic N) is 2. The average Bonchev–Trinajstić information content (AvgIpc) is 2.67. The van der Waals surface area contributed by atoms with Gasteiger partial charge in [0.05, 0.1) is 6.04 Å². The van der Waals surface area contributed by atoms with Crippen LogP contribution in [0.3, 0.4) is 0 Å². The van der Waals surface area contributed by atoms with Crippen molar-refractivity contribution in [3.8, 4) is 5.75 Å². The molecule has 2 aliphatic rings. The molecular formula is C18H24FN3O3. The van der Waals surface area contributed by atoms with E-state index in [1.165, 1.54) is 24.3 Å². The first-order chi connectivity index (χ1) is 12.1. The minimum Gasteiger partial charge on any atom is -0.484 e. The van der Waals surface area contributed by atoms with Gasteiger partial charge in [0.1, 0.15) is 11.6 Å². The summed E-state index contributed by atoms with van der Waals surface area (Å²) < 4.78 is 18.2. The van der Waals surface area contributed by atoms with Crippen LogP contribution in [0, 0.1) is 5.82 Å². The van der Waals surface area contributed by atoms with Crippen molar-refractivity contribution in [2.45, 2.75) is 25.3 Å². The Morgan fingerprint density at radius 3 is 2.40 bits per heavy atom. The molecule has 0 aliphatic carbocycles. The van der Waals surface area contributed by atoms with Crippen molar-refractivity contribution in [3.05, 3.63) is 30.1 Å².